The van der Waals surface area contributed by atoms with E-state index in [1.54, 1.807) is 0 Å². The van der Waals surface area contributed by atoms with Gasteiger partial charge in [0.25, 0.3) is 0 Å². The average Bonchev–Trinajstić information content (AvgIpc) is 3.00. The van der Waals surface area contributed by atoms with Crippen molar-refractivity contribution in [3.05, 3.63) is 24.3 Å². The van der Waals surface area contributed by atoms with Crippen LogP contribution >= 0.6 is 0 Å². The zero-order valence-corrected chi connectivity index (χ0v) is 27.7. The molecule has 0 radical (unpaired) electrons. The Morgan fingerprint density at radius 2 is 1.23 bits per heavy atom. The number of ether oxygens (including phenoxy) is 1. The fraction of sp³-hybridized carbons (Fsp3) is 0.771. The number of carbonyl (C=O) groups excluding carboxylic acids is 3. The Balaban J connectivity index is 4.20. The first-order valence-corrected chi connectivity index (χ1v) is 17.2. The highest BCUT2D eigenvalue weighted by atomic mass is 16.5. The number of unbranched alkanes of at least 4 members (excludes halogenated alkanes) is 14. The van der Waals surface area contributed by atoms with Crippen LogP contribution in [0, 0.1) is 0 Å². The number of allylic oxidation sites excluding steroid dienone is 3. The van der Waals surface area contributed by atoms with Gasteiger partial charge in [-0.2, -0.15) is 0 Å². The Bertz CT molecular complexity index is 813. The maximum absolute atomic E-state index is 12.5. The van der Waals surface area contributed by atoms with E-state index in [0.717, 1.165) is 64.2 Å². The van der Waals surface area contributed by atoms with Gasteiger partial charge >= 0.3 is 11.9 Å². The highest BCUT2D eigenvalue weighted by Gasteiger charge is 2.18. The molecular weight excluding hydrogens is 560 g/mol. The Morgan fingerprint density at radius 1 is 0.682 bits per heavy atom. The molecule has 2 amide bonds. The first-order valence-electron chi connectivity index (χ1n) is 17.2. The minimum Gasteiger partial charge on any atom is -0.480 e. The van der Waals surface area contributed by atoms with Crippen molar-refractivity contribution in [3.63, 3.8) is 0 Å². The number of aliphatic carboxylic acids is 1. The summed E-state index contributed by atoms with van der Waals surface area (Å²) in [6.07, 6.45) is 29.5. The van der Waals surface area contributed by atoms with Crippen molar-refractivity contribution in [2.24, 2.45) is 0 Å². The zero-order valence-electron chi connectivity index (χ0n) is 27.7. The molecule has 0 aliphatic heterocycles. The van der Waals surface area contributed by atoms with Crippen molar-refractivity contribution in [1.82, 2.24) is 10.6 Å². The largest absolute Gasteiger partial charge is 0.480 e. The van der Waals surface area contributed by atoms with Gasteiger partial charge in [0.1, 0.15) is 12.1 Å². The molecule has 9 heteroatoms. The number of nitrogens with one attached hydrogen (secondary N) is 2. The summed E-state index contributed by atoms with van der Waals surface area (Å²) in [5.41, 5.74) is 0. The van der Waals surface area contributed by atoms with E-state index in [-0.39, 0.29) is 30.9 Å². The molecule has 4 N–H and O–H groups in total. The smallest absolute Gasteiger partial charge is 0.328 e. The molecule has 0 bridgehead atoms. The van der Waals surface area contributed by atoms with E-state index in [1.165, 1.54) is 51.4 Å². The summed E-state index contributed by atoms with van der Waals surface area (Å²) in [6, 6.07) is -1.39. The van der Waals surface area contributed by atoms with Crippen molar-refractivity contribution in [2.45, 2.75) is 161 Å². The van der Waals surface area contributed by atoms with Crippen LogP contribution in [0.4, 0.5) is 0 Å². The molecule has 254 valence electrons. The van der Waals surface area contributed by atoms with Gasteiger partial charge < -0.3 is 25.6 Å². The van der Waals surface area contributed by atoms with Crippen molar-refractivity contribution < 1.29 is 34.1 Å². The number of carboxylic acids is 1. The molecule has 2 unspecified atom stereocenters. The maximum Gasteiger partial charge on any atom is 0.328 e. The second-order valence-corrected chi connectivity index (χ2v) is 11.6. The molecule has 0 saturated carbocycles. The molecule has 0 heterocycles. The number of hydrogen-bond donors (Lipinski definition) is 4. The van der Waals surface area contributed by atoms with E-state index in [9.17, 15) is 19.2 Å². The van der Waals surface area contributed by atoms with Gasteiger partial charge in [-0.25, -0.2) is 4.79 Å². The number of rotatable bonds is 30. The summed E-state index contributed by atoms with van der Waals surface area (Å²) in [6.45, 7) is 3.35. The summed E-state index contributed by atoms with van der Waals surface area (Å²) in [4.78, 5) is 47.1. The molecule has 2 atom stereocenters. The number of esters is 1. The summed E-state index contributed by atoms with van der Waals surface area (Å²) in [5, 5.41) is 22.4. The van der Waals surface area contributed by atoms with E-state index in [1.807, 2.05) is 6.08 Å². The van der Waals surface area contributed by atoms with Crippen LogP contribution in [0.3, 0.4) is 0 Å². The lowest BCUT2D eigenvalue weighted by Gasteiger charge is -2.15. The predicted molar refractivity (Wildman–Crippen MR) is 176 cm³/mol. The lowest BCUT2D eigenvalue weighted by Crippen LogP contribution is -2.47. The summed E-state index contributed by atoms with van der Waals surface area (Å²) < 4.78 is 5.82. The first-order chi connectivity index (χ1) is 21.3. The molecule has 0 aromatic heterocycles. The molecule has 0 rings (SSSR count). The molecule has 0 aliphatic carbocycles. The van der Waals surface area contributed by atoms with Gasteiger partial charge in [-0.1, -0.05) is 89.9 Å². The molecule has 0 saturated heterocycles. The van der Waals surface area contributed by atoms with Crippen LogP contribution in [0.15, 0.2) is 24.3 Å². The van der Waals surface area contributed by atoms with Gasteiger partial charge in [-0.15, -0.1) is 0 Å². The number of carboxylic acid groups (broad SMARTS) is 1. The Morgan fingerprint density at radius 3 is 1.84 bits per heavy atom. The Labute approximate surface area is 266 Å². The lowest BCUT2D eigenvalue weighted by atomic mass is 10.1. The summed E-state index contributed by atoms with van der Waals surface area (Å²) in [7, 11) is 0. The average molecular weight is 623 g/mol. The van der Waals surface area contributed by atoms with Crippen molar-refractivity contribution in [1.29, 1.82) is 0 Å². The predicted octanol–water partition coefficient (Wildman–Crippen LogP) is 6.92. The molecule has 0 aromatic rings. The molecule has 0 aromatic carbocycles. The van der Waals surface area contributed by atoms with E-state index in [4.69, 9.17) is 14.9 Å². The quantitative estimate of drug-likeness (QED) is 0.0387. The minimum atomic E-state index is -1.39. The van der Waals surface area contributed by atoms with Crippen LogP contribution in [-0.4, -0.2) is 59.3 Å². The number of amides is 2. The summed E-state index contributed by atoms with van der Waals surface area (Å²) in [5.74, 6) is -2.42. The number of carbonyl (C=O) groups is 4. The maximum atomic E-state index is 12.5. The highest BCUT2D eigenvalue weighted by molar-refractivity contribution is 5.87. The first kappa shape index (κ1) is 41.3. The van der Waals surface area contributed by atoms with Gasteiger partial charge in [-0.05, 0) is 70.3 Å². The van der Waals surface area contributed by atoms with Gasteiger partial charge in [0.05, 0.1) is 13.2 Å². The Kier molecular flexibility index (Phi) is 28.5. The van der Waals surface area contributed by atoms with Gasteiger partial charge in [0, 0.05) is 12.8 Å². The van der Waals surface area contributed by atoms with Crippen LogP contribution in [0.25, 0.3) is 0 Å². The van der Waals surface area contributed by atoms with Crippen LogP contribution in [0.5, 0.6) is 0 Å². The lowest BCUT2D eigenvalue weighted by molar-refractivity contribution is -0.147. The number of aliphatic hydroxyl groups excluding tert-OH is 1. The van der Waals surface area contributed by atoms with Gasteiger partial charge in [0.15, 0.2) is 0 Å². The normalized spacial score (nSPS) is 12.8. The molecule has 9 nitrogen and oxygen atoms in total. The molecule has 44 heavy (non-hydrogen) atoms. The van der Waals surface area contributed by atoms with E-state index < -0.39 is 24.5 Å². The van der Waals surface area contributed by atoms with Crippen LogP contribution < -0.4 is 10.6 Å². The van der Waals surface area contributed by atoms with Gasteiger partial charge in [-0.3, -0.25) is 14.4 Å². The number of aliphatic hydroxyl groups is 1. The van der Waals surface area contributed by atoms with Crippen molar-refractivity contribution >= 4 is 23.8 Å². The second-order valence-electron chi connectivity index (χ2n) is 11.6. The standard InChI is InChI=1S/C35H62N2O7/c1-3-5-7-9-10-11-12-13-14-15-17-23-27-34(41)44-30(24-20-16-8-6-4-2)25-21-18-19-22-26-32(39)36-28-33(40)37-31(29-38)35(42)43/h10-11,20,24,30-31,38H,3-9,12-19,21-23,25-29H2,1-2H3,(H,36,39)(H,37,40)(H,42,43)/b11-10-,24-20-. The zero-order chi connectivity index (χ0) is 32.7. The number of hydrogen-bond acceptors (Lipinski definition) is 6. The molecule has 0 aliphatic rings. The van der Waals surface area contributed by atoms with Crippen LogP contribution in [-0.2, 0) is 23.9 Å². The Hall–Kier alpha value is -2.68. The summed E-state index contributed by atoms with van der Waals surface area (Å²) >= 11 is 0. The minimum absolute atomic E-state index is 0.127. The monoisotopic (exact) mass is 622 g/mol. The van der Waals surface area contributed by atoms with Crippen molar-refractivity contribution in [3.8, 4) is 0 Å². The van der Waals surface area contributed by atoms with E-state index >= 15 is 0 Å². The molecular formula is C35H62N2O7. The molecule has 0 fully saturated rings. The topological polar surface area (TPSA) is 142 Å². The van der Waals surface area contributed by atoms with Gasteiger partial charge in [0.2, 0.25) is 11.8 Å². The third-order valence-electron chi connectivity index (χ3n) is 7.41. The molecule has 0 spiro atoms. The van der Waals surface area contributed by atoms with Crippen LogP contribution in [0.1, 0.15) is 149 Å². The van der Waals surface area contributed by atoms with E-state index in [2.05, 4.69) is 42.7 Å². The fourth-order valence-electron chi connectivity index (χ4n) is 4.67. The van der Waals surface area contributed by atoms with Crippen LogP contribution in [0.2, 0.25) is 0 Å². The van der Waals surface area contributed by atoms with Crippen molar-refractivity contribution in [2.75, 3.05) is 13.2 Å². The highest BCUT2D eigenvalue weighted by Crippen LogP contribution is 2.14. The third kappa shape index (κ3) is 26.9. The third-order valence-corrected chi connectivity index (χ3v) is 7.41. The SMILES string of the molecule is CCCCC/C=C\CCCCCCCC(=O)OC(/C=C\CCCCC)CCCCCCC(=O)NCC(=O)NC(CO)C(=O)O. The second kappa shape index (κ2) is 30.4. The fourth-order valence-corrected chi connectivity index (χ4v) is 4.67. The van der Waals surface area contributed by atoms with E-state index in [0.29, 0.717) is 12.8 Å².